The first-order valence-corrected chi connectivity index (χ1v) is 8.54. The summed E-state index contributed by atoms with van der Waals surface area (Å²) in [5.41, 5.74) is 1.39. The average Bonchev–Trinajstić information content (AvgIpc) is 2.54. The zero-order chi connectivity index (χ0) is 18.1. The number of hydrogen-bond acceptors (Lipinski definition) is 3. The second-order valence-corrected chi connectivity index (χ2v) is 6.88. The molecule has 5 nitrogen and oxygen atoms in total. The Balaban J connectivity index is 1.96. The second-order valence-electron chi connectivity index (χ2n) is 5.63. The maximum absolute atomic E-state index is 12.6. The maximum Gasteiger partial charge on any atom is 0.326 e. The molecule has 0 fully saturated rings. The molecular weight excluding hydrogens is 387 g/mol. The molecule has 1 aliphatic heterocycles. The summed E-state index contributed by atoms with van der Waals surface area (Å²) in [7, 11) is 0. The van der Waals surface area contributed by atoms with Crippen molar-refractivity contribution in [2.45, 2.75) is 18.5 Å². The van der Waals surface area contributed by atoms with E-state index in [-0.39, 0.29) is 6.42 Å². The monoisotopic (exact) mass is 398 g/mol. The summed E-state index contributed by atoms with van der Waals surface area (Å²) in [6.45, 7) is 0. The van der Waals surface area contributed by atoms with Crippen LogP contribution < -0.4 is 10.6 Å². The second kappa shape index (κ2) is 7.12. The minimum absolute atomic E-state index is 0.139. The predicted molar refractivity (Wildman–Crippen MR) is 97.8 cm³/mol. The number of nitrogens with one attached hydrogen (secondary N) is 2. The Kier molecular flexibility index (Phi) is 5.08. The van der Waals surface area contributed by atoms with Gasteiger partial charge in [-0.05, 0) is 24.3 Å². The van der Waals surface area contributed by atoms with Crippen LogP contribution in [0.15, 0.2) is 36.4 Å². The molecule has 0 aromatic heterocycles. The van der Waals surface area contributed by atoms with E-state index in [1.54, 1.807) is 36.4 Å². The summed E-state index contributed by atoms with van der Waals surface area (Å²) in [5.74, 6) is -1.43. The first-order valence-electron chi connectivity index (χ1n) is 7.40. The van der Waals surface area contributed by atoms with E-state index in [1.807, 2.05) is 0 Å². The first-order chi connectivity index (χ1) is 11.9. The quantitative estimate of drug-likeness (QED) is 0.715. The van der Waals surface area contributed by atoms with Gasteiger partial charge >= 0.3 is 5.97 Å². The molecule has 2 aromatic rings. The Hall–Kier alpha value is -1.95. The van der Waals surface area contributed by atoms with Gasteiger partial charge in [0.05, 0.1) is 16.6 Å². The predicted octanol–water partition coefficient (Wildman–Crippen LogP) is 4.39. The summed E-state index contributed by atoms with van der Waals surface area (Å²) >= 11 is 18.3. The third kappa shape index (κ3) is 3.68. The van der Waals surface area contributed by atoms with E-state index in [1.165, 1.54) is 0 Å². The minimum Gasteiger partial charge on any atom is -0.480 e. The summed E-state index contributed by atoms with van der Waals surface area (Å²) in [4.78, 5) is 24.0. The SMILES string of the molecule is O=C(N[C@@H]1C[C@@H](C(=O)O)Nc2cc(Cl)cc(Cl)c21)c1ccccc1Cl. The lowest BCUT2D eigenvalue weighted by molar-refractivity contribution is -0.138. The summed E-state index contributed by atoms with van der Waals surface area (Å²) in [6, 6.07) is 8.30. The lowest BCUT2D eigenvalue weighted by atomic mass is 9.92. The maximum atomic E-state index is 12.6. The van der Waals surface area contributed by atoms with Gasteiger partial charge in [-0.25, -0.2) is 4.79 Å². The van der Waals surface area contributed by atoms with Gasteiger partial charge < -0.3 is 15.7 Å². The zero-order valence-corrected chi connectivity index (χ0v) is 15.0. The number of carboxylic acid groups (broad SMARTS) is 1. The van der Waals surface area contributed by atoms with Crippen molar-refractivity contribution >= 4 is 52.4 Å². The fourth-order valence-electron chi connectivity index (χ4n) is 2.83. The molecule has 3 rings (SSSR count). The highest BCUT2D eigenvalue weighted by molar-refractivity contribution is 6.36. The van der Waals surface area contributed by atoms with E-state index in [2.05, 4.69) is 10.6 Å². The fraction of sp³-hybridized carbons (Fsp3) is 0.176. The molecule has 1 amide bonds. The number of carbonyl (C=O) groups excluding carboxylic acids is 1. The Bertz CT molecular complexity index is 857. The van der Waals surface area contributed by atoms with Gasteiger partial charge in [0.25, 0.3) is 5.91 Å². The van der Waals surface area contributed by atoms with Crippen molar-refractivity contribution < 1.29 is 14.7 Å². The van der Waals surface area contributed by atoms with Crippen LogP contribution in [0.1, 0.15) is 28.4 Å². The molecule has 0 spiro atoms. The summed E-state index contributed by atoms with van der Waals surface area (Å²) in [6.07, 6.45) is 0.139. The van der Waals surface area contributed by atoms with Gasteiger partial charge in [0.2, 0.25) is 0 Å². The molecule has 2 atom stereocenters. The first kappa shape index (κ1) is 17.9. The number of carbonyl (C=O) groups is 2. The van der Waals surface area contributed by atoms with Crippen LogP contribution in [0.2, 0.25) is 15.1 Å². The van der Waals surface area contributed by atoms with Crippen LogP contribution in [0, 0.1) is 0 Å². The molecule has 0 unspecified atom stereocenters. The van der Waals surface area contributed by atoms with Crippen LogP contribution in [-0.2, 0) is 4.79 Å². The number of amides is 1. The van der Waals surface area contributed by atoms with Gasteiger partial charge in [-0.3, -0.25) is 4.79 Å². The molecule has 2 aromatic carbocycles. The third-order valence-corrected chi connectivity index (χ3v) is 4.83. The molecule has 3 N–H and O–H groups in total. The molecule has 0 saturated carbocycles. The van der Waals surface area contributed by atoms with Gasteiger partial charge in [0, 0.05) is 27.7 Å². The zero-order valence-electron chi connectivity index (χ0n) is 12.7. The highest BCUT2D eigenvalue weighted by atomic mass is 35.5. The van der Waals surface area contributed by atoms with Gasteiger partial charge in [-0.2, -0.15) is 0 Å². The lowest BCUT2D eigenvalue weighted by Gasteiger charge is -2.32. The Morgan fingerprint density at radius 1 is 1.12 bits per heavy atom. The standard InChI is InChI=1S/C17H13Cl3N2O3/c18-8-5-11(20)15-12(6-8)21-14(17(24)25)7-13(15)22-16(23)9-3-1-2-4-10(9)19/h1-6,13-14,21H,7H2,(H,22,23)(H,24,25)/t13-,14+/m1/s1. The van der Waals surface area contributed by atoms with Crippen molar-refractivity contribution in [3.05, 3.63) is 62.6 Å². The molecule has 25 heavy (non-hydrogen) atoms. The highest BCUT2D eigenvalue weighted by Crippen LogP contribution is 2.40. The van der Waals surface area contributed by atoms with Crippen LogP contribution in [0.25, 0.3) is 0 Å². The molecule has 0 radical (unpaired) electrons. The number of anilines is 1. The molecule has 1 aliphatic rings. The summed E-state index contributed by atoms with van der Waals surface area (Å²) < 4.78 is 0. The molecule has 0 bridgehead atoms. The Morgan fingerprint density at radius 3 is 2.52 bits per heavy atom. The van der Waals surface area contributed by atoms with Crippen molar-refractivity contribution in [2.75, 3.05) is 5.32 Å². The molecule has 0 saturated heterocycles. The van der Waals surface area contributed by atoms with E-state index in [9.17, 15) is 14.7 Å². The van der Waals surface area contributed by atoms with Crippen molar-refractivity contribution in [2.24, 2.45) is 0 Å². The van der Waals surface area contributed by atoms with E-state index >= 15 is 0 Å². The van der Waals surface area contributed by atoms with Gasteiger partial charge in [-0.1, -0.05) is 46.9 Å². The van der Waals surface area contributed by atoms with Gasteiger partial charge in [-0.15, -0.1) is 0 Å². The van der Waals surface area contributed by atoms with E-state index in [4.69, 9.17) is 34.8 Å². The number of fused-ring (bicyclic) bond motifs is 1. The molecule has 0 aliphatic carbocycles. The fourth-order valence-corrected chi connectivity index (χ4v) is 3.68. The number of halogens is 3. The van der Waals surface area contributed by atoms with Gasteiger partial charge in [0.15, 0.2) is 0 Å². The molecule has 8 heteroatoms. The lowest BCUT2D eigenvalue weighted by Crippen LogP contribution is -2.41. The van der Waals surface area contributed by atoms with Crippen molar-refractivity contribution in [3.8, 4) is 0 Å². The Morgan fingerprint density at radius 2 is 1.84 bits per heavy atom. The number of benzene rings is 2. The smallest absolute Gasteiger partial charge is 0.326 e. The van der Waals surface area contributed by atoms with Crippen LogP contribution in [0.4, 0.5) is 5.69 Å². The van der Waals surface area contributed by atoms with E-state index < -0.39 is 24.0 Å². The number of rotatable bonds is 3. The van der Waals surface area contributed by atoms with E-state index in [0.29, 0.717) is 31.9 Å². The normalized spacial score (nSPS) is 18.8. The van der Waals surface area contributed by atoms with Crippen molar-refractivity contribution in [1.82, 2.24) is 5.32 Å². The van der Waals surface area contributed by atoms with Crippen molar-refractivity contribution in [1.29, 1.82) is 0 Å². The molecule has 130 valence electrons. The van der Waals surface area contributed by atoms with Crippen LogP contribution in [-0.4, -0.2) is 23.0 Å². The highest BCUT2D eigenvalue weighted by Gasteiger charge is 2.33. The number of hydrogen-bond donors (Lipinski definition) is 3. The third-order valence-electron chi connectivity index (χ3n) is 3.97. The van der Waals surface area contributed by atoms with Crippen LogP contribution in [0.5, 0.6) is 0 Å². The molecular formula is C17H13Cl3N2O3. The van der Waals surface area contributed by atoms with Gasteiger partial charge in [0.1, 0.15) is 6.04 Å². The largest absolute Gasteiger partial charge is 0.480 e. The Labute approximate surface area is 158 Å². The van der Waals surface area contributed by atoms with E-state index in [0.717, 1.165) is 0 Å². The summed E-state index contributed by atoms with van der Waals surface area (Å²) in [5, 5.41) is 16.1. The number of aliphatic carboxylic acids is 1. The average molecular weight is 400 g/mol. The topological polar surface area (TPSA) is 78.4 Å². The van der Waals surface area contributed by atoms with Crippen LogP contribution >= 0.6 is 34.8 Å². The van der Waals surface area contributed by atoms with Crippen molar-refractivity contribution in [3.63, 3.8) is 0 Å². The number of carboxylic acids is 1. The molecule has 1 heterocycles. The minimum atomic E-state index is -1.03. The van der Waals surface area contributed by atoms with Crippen LogP contribution in [0.3, 0.4) is 0 Å².